The van der Waals surface area contributed by atoms with Crippen molar-refractivity contribution in [2.45, 2.75) is 24.7 Å². The third-order valence-electron chi connectivity index (χ3n) is 5.60. The van der Waals surface area contributed by atoms with Gasteiger partial charge in [-0.3, -0.25) is 4.99 Å². The lowest BCUT2D eigenvalue weighted by atomic mass is 9.74. The monoisotopic (exact) mass is 399 g/mol. The van der Waals surface area contributed by atoms with Crippen molar-refractivity contribution in [3.63, 3.8) is 0 Å². The minimum atomic E-state index is -0.210. The molecule has 2 aromatic rings. The highest BCUT2D eigenvalue weighted by Gasteiger charge is 2.34. The Morgan fingerprint density at radius 1 is 1.10 bits per heavy atom. The molecule has 2 N–H and O–H groups in total. The number of benzene rings is 2. The van der Waals surface area contributed by atoms with Crippen LogP contribution in [0.5, 0.6) is 5.75 Å². The van der Waals surface area contributed by atoms with Crippen molar-refractivity contribution < 1.29 is 13.9 Å². The van der Waals surface area contributed by atoms with E-state index < -0.39 is 0 Å². The van der Waals surface area contributed by atoms with Crippen LogP contribution in [0.15, 0.2) is 53.5 Å². The number of nitrogens with zero attached hydrogens (tertiary/aromatic N) is 1. The predicted octanol–water partition coefficient (Wildman–Crippen LogP) is 3.29. The van der Waals surface area contributed by atoms with E-state index in [-0.39, 0.29) is 11.2 Å². The molecular weight excluding hydrogens is 369 g/mol. The normalized spacial score (nSPS) is 16.3. The standard InChI is InChI=1S/C23H30FN3O2/c1-25-22(26-14-11-18-5-3-4-6-21(18)28-2)27-17-23(12-15-29-16-13-23)19-7-9-20(24)10-8-19/h3-10H,11-17H2,1-2H3,(H2,25,26,27). The molecule has 0 atom stereocenters. The molecule has 1 saturated heterocycles. The minimum Gasteiger partial charge on any atom is -0.496 e. The van der Waals surface area contributed by atoms with Gasteiger partial charge < -0.3 is 20.1 Å². The molecule has 1 heterocycles. The summed E-state index contributed by atoms with van der Waals surface area (Å²) in [6, 6.07) is 14.9. The highest BCUT2D eigenvalue weighted by Crippen LogP contribution is 2.34. The van der Waals surface area contributed by atoms with Crippen LogP contribution in [0.25, 0.3) is 0 Å². The molecule has 0 radical (unpaired) electrons. The molecule has 0 aromatic heterocycles. The molecule has 29 heavy (non-hydrogen) atoms. The average Bonchev–Trinajstić information content (AvgIpc) is 2.77. The SMILES string of the molecule is CN=C(NCCc1ccccc1OC)NCC1(c2ccc(F)cc2)CCOCC1. The van der Waals surface area contributed by atoms with Crippen molar-refractivity contribution >= 4 is 5.96 Å². The lowest BCUT2D eigenvalue weighted by Crippen LogP contribution is -2.48. The largest absolute Gasteiger partial charge is 0.496 e. The van der Waals surface area contributed by atoms with Gasteiger partial charge >= 0.3 is 0 Å². The number of aliphatic imine (C=N–C) groups is 1. The highest BCUT2D eigenvalue weighted by molar-refractivity contribution is 5.79. The summed E-state index contributed by atoms with van der Waals surface area (Å²) in [7, 11) is 3.46. The van der Waals surface area contributed by atoms with E-state index in [1.165, 1.54) is 12.1 Å². The molecule has 0 saturated carbocycles. The van der Waals surface area contributed by atoms with Crippen molar-refractivity contribution in [3.8, 4) is 5.75 Å². The highest BCUT2D eigenvalue weighted by atomic mass is 19.1. The van der Waals surface area contributed by atoms with Gasteiger partial charge in [-0.15, -0.1) is 0 Å². The van der Waals surface area contributed by atoms with Crippen molar-refractivity contribution in [2.24, 2.45) is 4.99 Å². The number of hydrogen-bond acceptors (Lipinski definition) is 3. The second kappa shape index (κ2) is 10.3. The molecule has 1 aliphatic heterocycles. The van der Waals surface area contributed by atoms with Crippen LogP contribution in [-0.4, -0.2) is 46.4 Å². The summed E-state index contributed by atoms with van der Waals surface area (Å²) >= 11 is 0. The van der Waals surface area contributed by atoms with Gasteiger partial charge in [0.1, 0.15) is 11.6 Å². The summed E-state index contributed by atoms with van der Waals surface area (Å²) in [6.45, 7) is 2.88. The predicted molar refractivity (Wildman–Crippen MR) is 114 cm³/mol. The summed E-state index contributed by atoms with van der Waals surface area (Å²) < 4.78 is 24.4. The van der Waals surface area contributed by atoms with Gasteiger partial charge in [-0.05, 0) is 48.6 Å². The topological polar surface area (TPSA) is 54.9 Å². The van der Waals surface area contributed by atoms with Gasteiger partial charge in [0.05, 0.1) is 7.11 Å². The Hall–Kier alpha value is -2.60. The average molecular weight is 400 g/mol. The molecule has 1 fully saturated rings. The maximum absolute atomic E-state index is 13.4. The first kappa shape index (κ1) is 21.1. The number of ether oxygens (including phenoxy) is 2. The second-order valence-corrected chi connectivity index (χ2v) is 7.31. The molecule has 2 aromatic carbocycles. The van der Waals surface area contributed by atoms with Crippen LogP contribution in [0.1, 0.15) is 24.0 Å². The van der Waals surface area contributed by atoms with E-state index in [0.29, 0.717) is 13.2 Å². The number of guanidine groups is 1. The molecule has 0 bridgehead atoms. The van der Waals surface area contributed by atoms with Crippen molar-refractivity contribution in [3.05, 3.63) is 65.5 Å². The van der Waals surface area contributed by atoms with E-state index >= 15 is 0 Å². The quantitative estimate of drug-likeness (QED) is 0.554. The van der Waals surface area contributed by atoms with Gasteiger partial charge in [-0.2, -0.15) is 0 Å². The van der Waals surface area contributed by atoms with Crippen molar-refractivity contribution in [1.29, 1.82) is 0 Å². The Labute approximate surface area is 172 Å². The van der Waals surface area contributed by atoms with Crippen LogP contribution in [-0.2, 0) is 16.6 Å². The Kier molecular flexibility index (Phi) is 7.47. The first-order valence-electron chi connectivity index (χ1n) is 10.1. The summed E-state index contributed by atoms with van der Waals surface area (Å²) in [4.78, 5) is 4.36. The third-order valence-corrected chi connectivity index (χ3v) is 5.60. The number of nitrogens with one attached hydrogen (secondary N) is 2. The summed E-state index contributed by atoms with van der Waals surface area (Å²) in [5.41, 5.74) is 2.20. The molecule has 5 nitrogen and oxygen atoms in total. The molecule has 3 rings (SSSR count). The van der Waals surface area contributed by atoms with E-state index in [1.54, 1.807) is 14.2 Å². The lowest BCUT2D eigenvalue weighted by molar-refractivity contribution is 0.0513. The van der Waals surface area contributed by atoms with Gasteiger partial charge in [-0.1, -0.05) is 30.3 Å². The van der Waals surface area contributed by atoms with Crippen LogP contribution >= 0.6 is 0 Å². The second-order valence-electron chi connectivity index (χ2n) is 7.31. The van der Waals surface area contributed by atoms with E-state index in [0.717, 1.165) is 55.2 Å². The maximum atomic E-state index is 13.4. The lowest BCUT2D eigenvalue weighted by Gasteiger charge is -2.38. The fraction of sp³-hybridized carbons (Fsp3) is 0.435. The number of halogens is 1. The van der Waals surface area contributed by atoms with Crippen LogP contribution < -0.4 is 15.4 Å². The zero-order valence-corrected chi connectivity index (χ0v) is 17.2. The van der Waals surface area contributed by atoms with Gasteiger partial charge in [0.25, 0.3) is 0 Å². The van der Waals surface area contributed by atoms with Crippen LogP contribution in [0.2, 0.25) is 0 Å². The van der Waals surface area contributed by atoms with Gasteiger partial charge in [0.15, 0.2) is 5.96 Å². The van der Waals surface area contributed by atoms with E-state index in [4.69, 9.17) is 9.47 Å². The fourth-order valence-electron chi connectivity index (χ4n) is 3.83. The van der Waals surface area contributed by atoms with Gasteiger partial charge in [0.2, 0.25) is 0 Å². The fourth-order valence-corrected chi connectivity index (χ4v) is 3.83. The number of hydrogen-bond donors (Lipinski definition) is 2. The molecule has 0 unspecified atom stereocenters. The van der Waals surface area contributed by atoms with E-state index in [1.807, 2.05) is 30.3 Å². The van der Waals surface area contributed by atoms with Crippen LogP contribution in [0.4, 0.5) is 4.39 Å². The summed E-state index contributed by atoms with van der Waals surface area (Å²) in [6.07, 6.45) is 2.62. The first-order chi connectivity index (χ1) is 14.2. The van der Waals surface area contributed by atoms with E-state index in [2.05, 4.69) is 21.7 Å². The zero-order valence-electron chi connectivity index (χ0n) is 17.2. The minimum absolute atomic E-state index is 0.0911. The number of methoxy groups -OCH3 is 1. The van der Waals surface area contributed by atoms with Crippen LogP contribution in [0, 0.1) is 5.82 Å². The first-order valence-corrected chi connectivity index (χ1v) is 10.1. The molecule has 0 amide bonds. The smallest absolute Gasteiger partial charge is 0.191 e. The van der Waals surface area contributed by atoms with E-state index in [9.17, 15) is 4.39 Å². The van der Waals surface area contributed by atoms with Gasteiger partial charge in [0, 0.05) is 38.8 Å². The molecule has 0 spiro atoms. The molecule has 1 aliphatic rings. The van der Waals surface area contributed by atoms with Crippen molar-refractivity contribution in [1.82, 2.24) is 10.6 Å². The summed E-state index contributed by atoms with van der Waals surface area (Å²) in [5, 5.41) is 6.84. The molecular formula is C23H30FN3O2. The van der Waals surface area contributed by atoms with Gasteiger partial charge in [-0.25, -0.2) is 4.39 Å². The third kappa shape index (κ3) is 5.48. The Morgan fingerprint density at radius 2 is 1.83 bits per heavy atom. The number of para-hydroxylation sites is 1. The zero-order chi connectivity index (χ0) is 20.5. The van der Waals surface area contributed by atoms with Crippen LogP contribution in [0.3, 0.4) is 0 Å². The Morgan fingerprint density at radius 3 is 2.52 bits per heavy atom. The Bertz CT molecular complexity index is 802. The van der Waals surface area contributed by atoms with Crippen molar-refractivity contribution in [2.75, 3.05) is 40.5 Å². The maximum Gasteiger partial charge on any atom is 0.191 e. The molecule has 6 heteroatoms. The molecule has 0 aliphatic carbocycles. The Balaban J connectivity index is 1.59. The summed E-state index contributed by atoms with van der Waals surface area (Å²) in [5.74, 6) is 1.44. The number of rotatable bonds is 7. The molecule has 156 valence electrons.